The van der Waals surface area contributed by atoms with Crippen molar-refractivity contribution in [2.75, 3.05) is 0 Å². The molecule has 9 nitrogen and oxygen atoms in total. The topological polar surface area (TPSA) is 115 Å². The summed E-state index contributed by atoms with van der Waals surface area (Å²) in [4.78, 5) is 23.4. The van der Waals surface area contributed by atoms with Crippen LogP contribution in [0.25, 0.3) is 0 Å². The molecule has 0 unspecified atom stereocenters. The van der Waals surface area contributed by atoms with Gasteiger partial charge in [0.05, 0.1) is 17.0 Å². The first-order chi connectivity index (χ1) is 14.0. The summed E-state index contributed by atoms with van der Waals surface area (Å²) < 4.78 is 8.17. The van der Waals surface area contributed by atoms with Gasteiger partial charge < -0.3 is 10.1 Å². The average molecular weight is 411 g/mol. The number of carbonyl (C=O) groups is 1. The molecule has 1 amide bonds. The Morgan fingerprint density at radius 1 is 1.31 bits per heavy atom. The van der Waals surface area contributed by atoms with Gasteiger partial charge in [0.2, 0.25) is 0 Å². The van der Waals surface area contributed by atoms with Crippen LogP contribution in [0.2, 0.25) is 0 Å². The predicted octanol–water partition coefficient (Wildman–Crippen LogP) is 3.91. The van der Waals surface area contributed by atoms with E-state index in [2.05, 4.69) is 15.5 Å². The van der Waals surface area contributed by atoms with Crippen LogP contribution < -0.4 is 10.1 Å². The third-order valence-electron chi connectivity index (χ3n) is 4.49. The standard InChI is InChI=1S/C19H17N5O4S/c25-18(20-11-17-21-22-19(29)23(17)12-6-7-12)15-10-13(24(26)27)8-9-16(15)28-14-4-2-1-3-5-14/h1-5,8-10,12H,6-7,11H2,(H,20,25)(H,22,29). The molecule has 29 heavy (non-hydrogen) atoms. The highest BCUT2D eigenvalue weighted by molar-refractivity contribution is 7.71. The van der Waals surface area contributed by atoms with E-state index in [4.69, 9.17) is 17.0 Å². The number of nitro benzene ring substituents is 1. The van der Waals surface area contributed by atoms with E-state index in [1.54, 1.807) is 24.3 Å². The number of ether oxygens (including phenoxy) is 1. The molecule has 2 N–H and O–H groups in total. The number of hydrogen-bond acceptors (Lipinski definition) is 6. The normalized spacial score (nSPS) is 13.1. The molecule has 1 fully saturated rings. The lowest BCUT2D eigenvalue weighted by atomic mass is 10.1. The molecule has 0 bridgehead atoms. The van der Waals surface area contributed by atoms with Crippen LogP contribution in [0.1, 0.15) is 35.1 Å². The second-order valence-corrected chi connectivity index (χ2v) is 6.97. The fourth-order valence-electron chi connectivity index (χ4n) is 2.94. The number of H-pyrrole nitrogens is 1. The molecule has 1 aliphatic carbocycles. The largest absolute Gasteiger partial charge is 0.457 e. The summed E-state index contributed by atoms with van der Waals surface area (Å²) in [7, 11) is 0. The molecule has 0 radical (unpaired) electrons. The van der Waals surface area contributed by atoms with Gasteiger partial charge in [-0.2, -0.15) is 5.10 Å². The predicted molar refractivity (Wildman–Crippen MR) is 106 cm³/mol. The number of hydrogen-bond donors (Lipinski definition) is 2. The van der Waals surface area contributed by atoms with Crippen LogP contribution in [0.3, 0.4) is 0 Å². The van der Waals surface area contributed by atoms with Crippen molar-refractivity contribution < 1.29 is 14.5 Å². The van der Waals surface area contributed by atoms with Crippen molar-refractivity contribution in [1.82, 2.24) is 20.1 Å². The number of nitrogens with one attached hydrogen (secondary N) is 2. The van der Waals surface area contributed by atoms with E-state index < -0.39 is 10.8 Å². The zero-order chi connectivity index (χ0) is 20.4. The number of nitrogens with zero attached hydrogens (tertiary/aromatic N) is 3. The molecule has 3 aromatic rings. The molecule has 0 atom stereocenters. The molecule has 1 aromatic heterocycles. The zero-order valence-electron chi connectivity index (χ0n) is 15.2. The molecule has 0 spiro atoms. The van der Waals surface area contributed by atoms with Crippen molar-refractivity contribution in [1.29, 1.82) is 0 Å². The Morgan fingerprint density at radius 3 is 2.76 bits per heavy atom. The smallest absolute Gasteiger partial charge is 0.270 e. The lowest BCUT2D eigenvalue weighted by Crippen LogP contribution is -2.25. The minimum atomic E-state index is -0.554. The Bertz CT molecular complexity index is 1120. The molecule has 1 saturated carbocycles. The number of non-ortho nitro benzene ring substituents is 1. The van der Waals surface area contributed by atoms with Gasteiger partial charge in [-0.15, -0.1) is 0 Å². The first kappa shape index (κ1) is 18.8. The minimum absolute atomic E-state index is 0.0650. The Morgan fingerprint density at radius 2 is 2.07 bits per heavy atom. The van der Waals surface area contributed by atoms with Gasteiger partial charge in [-0.1, -0.05) is 18.2 Å². The Labute approximate surface area is 170 Å². The number of para-hydroxylation sites is 1. The van der Waals surface area contributed by atoms with Gasteiger partial charge in [0.15, 0.2) is 10.6 Å². The van der Waals surface area contributed by atoms with Crippen LogP contribution in [0.15, 0.2) is 48.5 Å². The van der Waals surface area contributed by atoms with E-state index >= 15 is 0 Å². The third-order valence-corrected chi connectivity index (χ3v) is 4.77. The van der Waals surface area contributed by atoms with Crippen molar-refractivity contribution in [3.05, 3.63) is 74.8 Å². The van der Waals surface area contributed by atoms with Gasteiger partial charge in [-0.25, -0.2) is 0 Å². The SMILES string of the molecule is O=C(NCc1n[nH]c(=S)n1C1CC1)c1cc([N+](=O)[O-])ccc1Oc1ccccc1. The van der Waals surface area contributed by atoms with Crippen molar-refractivity contribution in [2.45, 2.75) is 25.4 Å². The van der Waals surface area contributed by atoms with Crippen LogP contribution in [0.5, 0.6) is 11.5 Å². The number of aromatic nitrogens is 3. The number of amides is 1. The Hall–Kier alpha value is -3.53. The maximum atomic E-state index is 12.8. The lowest BCUT2D eigenvalue weighted by Gasteiger charge is -2.12. The number of aromatic amines is 1. The monoisotopic (exact) mass is 411 g/mol. The van der Waals surface area contributed by atoms with Crippen molar-refractivity contribution in [3.63, 3.8) is 0 Å². The summed E-state index contributed by atoms with van der Waals surface area (Å²) in [6.45, 7) is 0.135. The number of benzene rings is 2. The summed E-state index contributed by atoms with van der Waals surface area (Å²) in [5.41, 5.74) is -0.133. The number of carbonyl (C=O) groups excluding carboxylic acids is 1. The number of rotatable bonds is 7. The van der Waals surface area contributed by atoms with E-state index in [0.717, 1.165) is 12.8 Å². The average Bonchev–Trinajstić information content (AvgIpc) is 3.49. The summed E-state index contributed by atoms with van der Waals surface area (Å²) in [5, 5.41) is 20.8. The van der Waals surface area contributed by atoms with E-state index in [-0.39, 0.29) is 23.5 Å². The van der Waals surface area contributed by atoms with Crippen LogP contribution in [-0.2, 0) is 6.54 Å². The van der Waals surface area contributed by atoms with Crippen LogP contribution in [0, 0.1) is 14.9 Å². The van der Waals surface area contributed by atoms with Gasteiger partial charge in [0, 0.05) is 18.2 Å². The number of nitro groups is 1. The maximum absolute atomic E-state index is 12.8. The zero-order valence-corrected chi connectivity index (χ0v) is 16.0. The maximum Gasteiger partial charge on any atom is 0.270 e. The molecule has 1 aliphatic rings. The highest BCUT2D eigenvalue weighted by atomic mass is 32.1. The van der Waals surface area contributed by atoms with Gasteiger partial charge in [-0.3, -0.25) is 24.6 Å². The second kappa shape index (κ2) is 7.84. The van der Waals surface area contributed by atoms with E-state index in [1.165, 1.54) is 18.2 Å². The van der Waals surface area contributed by atoms with E-state index in [1.807, 2.05) is 10.6 Å². The molecule has 148 valence electrons. The Kier molecular flexibility index (Phi) is 5.09. The molecular weight excluding hydrogens is 394 g/mol. The van der Waals surface area contributed by atoms with Gasteiger partial charge >= 0.3 is 0 Å². The first-order valence-electron chi connectivity index (χ1n) is 8.98. The van der Waals surface area contributed by atoms with Gasteiger partial charge in [0.1, 0.15) is 11.5 Å². The van der Waals surface area contributed by atoms with Crippen molar-refractivity contribution >= 4 is 23.8 Å². The quantitative estimate of drug-likeness (QED) is 0.346. The summed E-state index contributed by atoms with van der Waals surface area (Å²) in [6, 6.07) is 13.1. The fourth-order valence-corrected chi connectivity index (χ4v) is 3.24. The molecular formula is C19H17N5O4S. The van der Waals surface area contributed by atoms with Gasteiger partial charge in [-0.05, 0) is 43.3 Å². The molecule has 4 rings (SSSR count). The molecule has 2 aromatic carbocycles. The van der Waals surface area contributed by atoms with Gasteiger partial charge in [0.25, 0.3) is 11.6 Å². The summed E-state index contributed by atoms with van der Waals surface area (Å²) >= 11 is 5.24. The molecule has 0 saturated heterocycles. The van der Waals surface area contributed by atoms with E-state index in [0.29, 0.717) is 22.4 Å². The van der Waals surface area contributed by atoms with Crippen molar-refractivity contribution in [2.24, 2.45) is 0 Å². The molecule has 10 heteroatoms. The molecule has 1 heterocycles. The van der Waals surface area contributed by atoms with Crippen LogP contribution in [0.4, 0.5) is 5.69 Å². The lowest BCUT2D eigenvalue weighted by molar-refractivity contribution is -0.384. The second-order valence-electron chi connectivity index (χ2n) is 6.58. The van der Waals surface area contributed by atoms with E-state index in [9.17, 15) is 14.9 Å². The highest BCUT2D eigenvalue weighted by Crippen LogP contribution is 2.35. The van der Waals surface area contributed by atoms with Crippen LogP contribution >= 0.6 is 12.2 Å². The minimum Gasteiger partial charge on any atom is -0.457 e. The third kappa shape index (κ3) is 4.16. The summed E-state index contributed by atoms with van der Waals surface area (Å²) in [5.74, 6) is 0.850. The Balaban J connectivity index is 1.58. The van der Waals surface area contributed by atoms with Crippen LogP contribution in [-0.4, -0.2) is 25.6 Å². The molecule has 0 aliphatic heterocycles. The fraction of sp³-hybridized carbons (Fsp3) is 0.211. The highest BCUT2D eigenvalue weighted by Gasteiger charge is 2.27. The van der Waals surface area contributed by atoms with Crippen molar-refractivity contribution in [3.8, 4) is 11.5 Å². The first-order valence-corrected chi connectivity index (χ1v) is 9.39. The summed E-state index contributed by atoms with van der Waals surface area (Å²) in [6.07, 6.45) is 2.05.